The molecule has 5 heteroatoms. The van der Waals surface area contributed by atoms with E-state index in [1.54, 1.807) is 4.90 Å². The highest BCUT2D eigenvalue weighted by molar-refractivity contribution is 5.81. The van der Waals surface area contributed by atoms with Crippen LogP contribution in [0.1, 0.15) is 5.56 Å². The lowest BCUT2D eigenvalue weighted by atomic mass is 10.1. The van der Waals surface area contributed by atoms with Crippen molar-refractivity contribution < 1.29 is 0 Å². The van der Waals surface area contributed by atoms with Gasteiger partial charge < -0.3 is 5.32 Å². The Morgan fingerprint density at radius 1 is 1.20 bits per heavy atom. The molecular weight excluding hydrogens is 250 g/mol. The molecule has 20 heavy (non-hydrogen) atoms. The van der Waals surface area contributed by atoms with Gasteiger partial charge in [0.2, 0.25) is 0 Å². The van der Waals surface area contributed by atoms with Gasteiger partial charge in [-0.3, -0.25) is 4.90 Å². The van der Waals surface area contributed by atoms with E-state index in [1.165, 1.54) is 0 Å². The van der Waals surface area contributed by atoms with Crippen molar-refractivity contribution in [3.8, 4) is 12.1 Å². The number of hydrogen-bond acceptors (Lipinski definition) is 5. The average molecular weight is 265 g/mol. The quantitative estimate of drug-likeness (QED) is 0.838. The van der Waals surface area contributed by atoms with Crippen LogP contribution in [0.25, 0.3) is 10.9 Å². The third-order valence-electron chi connectivity index (χ3n) is 3.02. The highest BCUT2D eigenvalue weighted by Gasteiger charge is 2.10. The van der Waals surface area contributed by atoms with Crippen LogP contribution >= 0.6 is 0 Å². The molecule has 1 aromatic carbocycles. The first kappa shape index (κ1) is 13.8. The van der Waals surface area contributed by atoms with Crippen molar-refractivity contribution in [2.24, 2.45) is 0 Å². The normalized spacial score (nSPS) is 10.2. The minimum atomic E-state index is 0.226. The third kappa shape index (κ3) is 3.03. The van der Waals surface area contributed by atoms with Gasteiger partial charge in [-0.25, -0.2) is 4.98 Å². The Balaban J connectivity index is 2.37. The van der Waals surface area contributed by atoms with Crippen molar-refractivity contribution >= 4 is 16.7 Å². The van der Waals surface area contributed by atoms with Gasteiger partial charge in [0, 0.05) is 24.5 Å². The molecule has 2 aromatic rings. The number of para-hydroxylation sites is 1. The molecule has 0 aliphatic carbocycles. The fraction of sp³-hybridized carbons (Fsp3) is 0.267. The molecule has 100 valence electrons. The molecular formula is C15H15N5. The summed E-state index contributed by atoms with van der Waals surface area (Å²) in [4.78, 5) is 6.35. The lowest BCUT2D eigenvalue weighted by molar-refractivity contribution is 0.335. The molecule has 0 aliphatic rings. The standard InChI is InChI=1S/C15H15N5/c1-18-15-13(11-20(8-6-16)9-7-17)10-12-4-2-3-5-14(12)19-15/h2-5,10H,8-9,11H2,1H3,(H,18,19). The summed E-state index contributed by atoms with van der Waals surface area (Å²) in [7, 11) is 1.82. The average Bonchev–Trinajstić information content (AvgIpc) is 2.47. The highest BCUT2D eigenvalue weighted by Crippen LogP contribution is 2.21. The maximum Gasteiger partial charge on any atom is 0.130 e. The van der Waals surface area contributed by atoms with Gasteiger partial charge in [-0.15, -0.1) is 0 Å². The largest absolute Gasteiger partial charge is 0.373 e. The zero-order valence-corrected chi connectivity index (χ0v) is 11.3. The summed E-state index contributed by atoms with van der Waals surface area (Å²) in [6.07, 6.45) is 0. The number of hydrogen-bond donors (Lipinski definition) is 1. The number of rotatable bonds is 5. The molecule has 0 atom stereocenters. The van der Waals surface area contributed by atoms with Crippen LogP contribution in [0, 0.1) is 22.7 Å². The second-order valence-corrected chi connectivity index (χ2v) is 4.40. The summed E-state index contributed by atoms with van der Waals surface area (Å²) in [5.41, 5.74) is 1.91. The van der Waals surface area contributed by atoms with E-state index in [-0.39, 0.29) is 13.1 Å². The zero-order chi connectivity index (χ0) is 14.4. The molecule has 0 amide bonds. The Morgan fingerprint density at radius 3 is 2.55 bits per heavy atom. The summed E-state index contributed by atoms with van der Waals surface area (Å²) in [5.74, 6) is 0.782. The molecule has 0 bridgehead atoms. The second-order valence-electron chi connectivity index (χ2n) is 4.40. The van der Waals surface area contributed by atoms with Gasteiger partial charge in [-0.05, 0) is 12.1 Å². The van der Waals surface area contributed by atoms with Crippen LogP contribution in [-0.2, 0) is 6.54 Å². The van der Waals surface area contributed by atoms with Crippen LogP contribution in [0.2, 0.25) is 0 Å². The van der Waals surface area contributed by atoms with E-state index in [1.807, 2.05) is 31.3 Å². The molecule has 0 aliphatic heterocycles. The Hall–Kier alpha value is -2.63. The molecule has 0 spiro atoms. The number of pyridine rings is 1. The number of benzene rings is 1. The van der Waals surface area contributed by atoms with Gasteiger partial charge in [0.15, 0.2) is 0 Å². The third-order valence-corrected chi connectivity index (χ3v) is 3.02. The van der Waals surface area contributed by atoms with Gasteiger partial charge >= 0.3 is 0 Å². The van der Waals surface area contributed by atoms with Gasteiger partial charge in [-0.1, -0.05) is 18.2 Å². The molecule has 1 N–H and O–H groups in total. The number of nitrogens with zero attached hydrogens (tertiary/aromatic N) is 4. The van der Waals surface area contributed by atoms with E-state index in [4.69, 9.17) is 10.5 Å². The number of aromatic nitrogens is 1. The zero-order valence-electron chi connectivity index (χ0n) is 11.3. The Labute approximate surface area is 118 Å². The van der Waals surface area contributed by atoms with E-state index in [9.17, 15) is 0 Å². The molecule has 0 fully saturated rings. The maximum absolute atomic E-state index is 8.81. The van der Waals surface area contributed by atoms with Crippen LogP contribution < -0.4 is 5.32 Å². The summed E-state index contributed by atoms with van der Waals surface area (Å²) >= 11 is 0. The monoisotopic (exact) mass is 265 g/mol. The molecule has 0 unspecified atom stereocenters. The first-order chi connectivity index (χ1) is 9.78. The lowest BCUT2D eigenvalue weighted by Gasteiger charge is -2.17. The van der Waals surface area contributed by atoms with Crippen LogP contribution in [-0.4, -0.2) is 30.0 Å². The fourth-order valence-corrected chi connectivity index (χ4v) is 2.11. The number of nitrogens with one attached hydrogen (secondary N) is 1. The molecule has 1 heterocycles. The molecule has 1 aromatic heterocycles. The molecule has 0 saturated heterocycles. The van der Waals surface area contributed by atoms with Crippen LogP contribution in [0.15, 0.2) is 30.3 Å². The summed E-state index contributed by atoms with van der Waals surface area (Å²) in [5, 5.41) is 21.7. The van der Waals surface area contributed by atoms with E-state index in [0.717, 1.165) is 22.3 Å². The highest BCUT2D eigenvalue weighted by atomic mass is 15.1. The number of anilines is 1. The predicted molar refractivity (Wildman–Crippen MR) is 77.8 cm³/mol. The fourth-order valence-electron chi connectivity index (χ4n) is 2.11. The second kappa shape index (κ2) is 6.51. The summed E-state index contributed by atoms with van der Waals surface area (Å²) in [6, 6.07) is 14.1. The topological polar surface area (TPSA) is 75.7 Å². The van der Waals surface area contributed by atoms with Crippen molar-refractivity contribution in [3.63, 3.8) is 0 Å². The van der Waals surface area contributed by atoms with E-state index >= 15 is 0 Å². The van der Waals surface area contributed by atoms with E-state index < -0.39 is 0 Å². The van der Waals surface area contributed by atoms with Gasteiger partial charge in [0.05, 0.1) is 30.7 Å². The Morgan fingerprint density at radius 2 is 1.90 bits per heavy atom. The van der Waals surface area contributed by atoms with Crippen molar-refractivity contribution in [1.82, 2.24) is 9.88 Å². The Bertz CT molecular complexity index is 665. The van der Waals surface area contributed by atoms with Gasteiger partial charge in [-0.2, -0.15) is 10.5 Å². The van der Waals surface area contributed by atoms with Gasteiger partial charge in [0.1, 0.15) is 5.82 Å². The molecule has 2 rings (SSSR count). The Kier molecular flexibility index (Phi) is 4.49. The maximum atomic E-state index is 8.81. The van der Waals surface area contributed by atoms with E-state index in [0.29, 0.717) is 6.54 Å². The van der Waals surface area contributed by atoms with E-state index in [2.05, 4.69) is 28.5 Å². The minimum Gasteiger partial charge on any atom is -0.373 e. The SMILES string of the molecule is CNc1nc2ccccc2cc1CN(CC#N)CC#N. The van der Waals surface area contributed by atoms with Crippen LogP contribution in [0.4, 0.5) is 5.82 Å². The predicted octanol–water partition coefficient (Wildman–Crippen LogP) is 2.13. The first-order valence-corrected chi connectivity index (χ1v) is 6.31. The summed E-state index contributed by atoms with van der Waals surface area (Å²) in [6.45, 7) is 0.974. The molecule has 0 saturated carbocycles. The first-order valence-electron chi connectivity index (χ1n) is 6.31. The minimum absolute atomic E-state index is 0.226. The van der Waals surface area contributed by atoms with Gasteiger partial charge in [0.25, 0.3) is 0 Å². The smallest absolute Gasteiger partial charge is 0.130 e. The summed E-state index contributed by atoms with van der Waals surface area (Å²) < 4.78 is 0. The van der Waals surface area contributed by atoms with Crippen LogP contribution in [0.5, 0.6) is 0 Å². The van der Waals surface area contributed by atoms with Crippen molar-refractivity contribution in [2.45, 2.75) is 6.54 Å². The molecule has 5 nitrogen and oxygen atoms in total. The van der Waals surface area contributed by atoms with Crippen LogP contribution in [0.3, 0.4) is 0 Å². The van der Waals surface area contributed by atoms with Crippen molar-refractivity contribution in [1.29, 1.82) is 10.5 Å². The number of nitriles is 2. The lowest BCUT2D eigenvalue weighted by Crippen LogP contribution is -2.24. The molecule has 0 radical (unpaired) electrons. The van der Waals surface area contributed by atoms with Crippen molar-refractivity contribution in [3.05, 3.63) is 35.9 Å². The number of fused-ring (bicyclic) bond motifs is 1. The van der Waals surface area contributed by atoms with Crippen molar-refractivity contribution in [2.75, 3.05) is 25.5 Å².